The van der Waals surface area contributed by atoms with Crippen LogP contribution < -0.4 is 0 Å². The Morgan fingerprint density at radius 2 is 1.86 bits per heavy atom. The summed E-state index contributed by atoms with van der Waals surface area (Å²) in [6.45, 7) is 2.14. The number of unbranched alkanes of at least 4 members (excludes halogenated alkanes) is 3. The van der Waals surface area contributed by atoms with Crippen molar-refractivity contribution in [3.8, 4) is 0 Å². The van der Waals surface area contributed by atoms with Crippen molar-refractivity contribution in [2.45, 2.75) is 51.9 Å². The standard InChI is InChI=1S/C19H24F2/c1-2-3-4-8-13-19(18(20)21)14-11-17(12-15-19)16-9-6-5-7-10-16/h5-7,9-12,14,18H,2-4,8,13,15H2,1H3. The molecule has 2 rings (SSSR count). The van der Waals surface area contributed by atoms with Gasteiger partial charge in [-0.1, -0.05) is 81.2 Å². The lowest BCUT2D eigenvalue weighted by molar-refractivity contribution is 0.0214. The van der Waals surface area contributed by atoms with Gasteiger partial charge in [0.2, 0.25) is 6.43 Å². The van der Waals surface area contributed by atoms with Gasteiger partial charge >= 0.3 is 0 Å². The summed E-state index contributed by atoms with van der Waals surface area (Å²) < 4.78 is 27.1. The van der Waals surface area contributed by atoms with Crippen molar-refractivity contribution in [2.24, 2.45) is 5.41 Å². The SMILES string of the molecule is CCCCCCC1(C(F)F)C=CC(c2ccccc2)=CC1. The minimum atomic E-state index is -2.29. The van der Waals surface area contributed by atoms with Crippen LogP contribution in [-0.2, 0) is 0 Å². The van der Waals surface area contributed by atoms with Gasteiger partial charge < -0.3 is 0 Å². The van der Waals surface area contributed by atoms with E-state index in [2.05, 4.69) is 6.92 Å². The second kappa shape index (κ2) is 7.53. The number of halogens is 2. The Balaban J connectivity index is 2.04. The summed E-state index contributed by atoms with van der Waals surface area (Å²) in [6, 6.07) is 9.96. The fourth-order valence-corrected chi connectivity index (χ4v) is 2.87. The minimum absolute atomic E-state index is 0.442. The molecule has 0 amide bonds. The van der Waals surface area contributed by atoms with Crippen molar-refractivity contribution in [2.75, 3.05) is 0 Å². The lowest BCUT2D eigenvalue weighted by atomic mass is 9.75. The number of hydrogen-bond acceptors (Lipinski definition) is 0. The molecule has 0 saturated carbocycles. The van der Waals surface area contributed by atoms with Gasteiger partial charge in [0.25, 0.3) is 0 Å². The summed E-state index contributed by atoms with van der Waals surface area (Å²) in [6.07, 6.45) is 8.55. The van der Waals surface area contributed by atoms with Crippen LogP contribution in [0.5, 0.6) is 0 Å². The fraction of sp³-hybridized carbons (Fsp3) is 0.474. The number of benzene rings is 1. The third-order valence-electron chi connectivity index (χ3n) is 4.33. The Kier molecular flexibility index (Phi) is 5.72. The van der Waals surface area contributed by atoms with Crippen LogP contribution in [-0.4, -0.2) is 6.43 Å². The molecule has 0 saturated heterocycles. The number of rotatable bonds is 7. The van der Waals surface area contributed by atoms with Crippen LogP contribution in [0.25, 0.3) is 5.57 Å². The average molecular weight is 290 g/mol. The smallest absolute Gasteiger partial charge is 0.210 e. The van der Waals surface area contributed by atoms with E-state index in [0.29, 0.717) is 12.8 Å². The van der Waals surface area contributed by atoms with Gasteiger partial charge in [0.1, 0.15) is 0 Å². The van der Waals surface area contributed by atoms with Crippen molar-refractivity contribution in [3.05, 3.63) is 54.1 Å². The highest BCUT2D eigenvalue weighted by atomic mass is 19.3. The molecule has 1 atom stereocenters. The molecular weight excluding hydrogens is 266 g/mol. The molecule has 21 heavy (non-hydrogen) atoms. The monoisotopic (exact) mass is 290 g/mol. The van der Waals surface area contributed by atoms with Crippen molar-refractivity contribution in [3.63, 3.8) is 0 Å². The first-order chi connectivity index (χ1) is 10.2. The molecule has 1 aromatic rings. The highest BCUT2D eigenvalue weighted by molar-refractivity contribution is 5.75. The van der Waals surface area contributed by atoms with Crippen LogP contribution in [0.2, 0.25) is 0 Å². The summed E-state index contributed by atoms with van der Waals surface area (Å²) in [5, 5.41) is 0. The van der Waals surface area contributed by atoms with Crippen LogP contribution in [0.3, 0.4) is 0 Å². The second-order valence-electron chi connectivity index (χ2n) is 5.91. The molecule has 0 aromatic heterocycles. The summed E-state index contributed by atoms with van der Waals surface area (Å²) in [7, 11) is 0. The first-order valence-corrected chi connectivity index (χ1v) is 7.91. The van der Waals surface area contributed by atoms with Gasteiger partial charge in [-0.3, -0.25) is 0 Å². The molecule has 1 aliphatic carbocycles. The maximum absolute atomic E-state index is 13.5. The Hall–Kier alpha value is -1.44. The zero-order chi connectivity index (χ0) is 15.1. The van der Waals surface area contributed by atoms with Gasteiger partial charge in [-0.05, 0) is 24.0 Å². The molecule has 114 valence electrons. The van der Waals surface area contributed by atoms with Crippen LogP contribution >= 0.6 is 0 Å². The fourth-order valence-electron chi connectivity index (χ4n) is 2.87. The Morgan fingerprint density at radius 3 is 2.43 bits per heavy atom. The molecule has 1 unspecified atom stereocenters. The predicted octanol–water partition coefficient (Wildman–Crippen LogP) is 6.25. The van der Waals surface area contributed by atoms with Crippen molar-refractivity contribution < 1.29 is 8.78 Å². The van der Waals surface area contributed by atoms with Crippen LogP contribution in [0.15, 0.2) is 48.6 Å². The van der Waals surface area contributed by atoms with Crippen molar-refractivity contribution >= 4 is 5.57 Å². The molecule has 0 N–H and O–H groups in total. The van der Waals surface area contributed by atoms with E-state index in [1.807, 2.05) is 42.5 Å². The van der Waals surface area contributed by atoms with E-state index in [4.69, 9.17) is 0 Å². The van der Waals surface area contributed by atoms with Gasteiger partial charge in [0.05, 0.1) is 5.41 Å². The number of allylic oxidation sites excluding steroid dienone is 4. The quantitative estimate of drug-likeness (QED) is 0.520. The maximum atomic E-state index is 13.5. The highest BCUT2D eigenvalue weighted by Gasteiger charge is 2.37. The highest BCUT2D eigenvalue weighted by Crippen LogP contribution is 2.42. The Morgan fingerprint density at radius 1 is 1.10 bits per heavy atom. The molecule has 1 aromatic carbocycles. The lowest BCUT2D eigenvalue weighted by Gasteiger charge is -2.31. The molecule has 0 fully saturated rings. The molecule has 0 bridgehead atoms. The van der Waals surface area contributed by atoms with Crippen LogP contribution in [0, 0.1) is 5.41 Å². The molecule has 0 radical (unpaired) electrons. The zero-order valence-corrected chi connectivity index (χ0v) is 12.7. The van der Waals surface area contributed by atoms with Crippen molar-refractivity contribution in [1.29, 1.82) is 0 Å². The zero-order valence-electron chi connectivity index (χ0n) is 12.7. The molecule has 2 heteroatoms. The minimum Gasteiger partial charge on any atom is -0.210 e. The van der Waals surface area contributed by atoms with E-state index >= 15 is 0 Å². The van der Waals surface area contributed by atoms with Gasteiger partial charge in [0, 0.05) is 0 Å². The van der Waals surface area contributed by atoms with Gasteiger partial charge in [-0.25, -0.2) is 8.78 Å². The van der Waals surface area contributed by atoms with E-state index in [9.17, 15) is 8.78 Å². The van der Waals surface area contributed by atoms with Gasteiger partial charge in [0.15, 0.2) is 0 Å². The molecule has 1 aliphatic rings. The van der Waals surface area contributed by atoms with E-state index in [1.54, 1.807) is 6.08 Å². The first kappa shape index (κ1) is 15.9. The topological polar surface area (TPSA) is 0 Å². The maximum Gasteiger partial charge on any atom is 0.247 e. The van der Waals surface area contributed by atoms with Crippen LogP contribution in [0.4, 0.5) is 8.78 Å². The van der Waals surface area contributed by atoms with Crippen molar-refractivity contribution in [1.82, 2.24) is 0 Å². The molecular formula is C19H24F2. The molecule has 0 spiro atoms. The predicted molar refractivity (Wildman–Crippen MR) is 85.4 cm³/mol. The summed E-state index contributed by atoms with van der Waals surface area (Å²) in [4.78, 5) is 0. The number of alkyl halides is 2. The largest absolute Gasteiger partial charge is 0.247 e. The van der Waals surface area contributed by atoms with E-state index in [0.717, 1.165) is 36.8 Å². The third-order valence-corrected chi connectivity index (χ3v) is 4.33. The van der Waals surface area contributed by atoms with E-state index in [1.165, 1.54) is 0 Å². The second-order valence-corrected chi connectivity index (χ2v) is 5.91. The summed E-state index contributed by atoms with van der Waals surface area (Å²) in [5.41, 5.74) is 1.20. The summed E-state index contributed by atoms with van der Waals surface area (Å²) in [5.74, 6) is 0. The molecule has 0 nitrogen and oxygen atoms in total. The van der Waals surface area contributed by atoms with Gasteiger partial charge in [-0.15, -0.1) is 0 Å². The summed E-state index contributed by atoms with van der Waals surface area (Å²) >= 11 is 0. The number of hydrogen-bond donors (Lipinski definition) is 0. The lowest BCUT2D eigenvalue weighted by Crippen LogP contribution is -2.28. The average Bonchev–Trinajstić information content (AvgIpc) is 2.53. The van der Waals surface area contributed by atoms with E-state index in [-0.39, 0.29) is 0 Å². The third kappa shape index (κ3) is 4.03. The van der Waals surface area contributed by atoms with E-state index < -0.39 is 11.8 Å². The first-order valence-electron chi connectivity index (χ1n) is 7.91. The Labute approximate surface area is 126 Å². The molecule has 0 heterocycles. The Bertz CT molecular complexity index is 488. The van der Waals surface area contributed by atoms with Gasteiger partial charge in [-0.2, -0.15) is 0 Å². The molecule has 0 aliphatic heterocycles. The normalized spacial score (nSPS) is 21.6. The van der Waals surface area contributed by atoms with Crippen LogP contribution in [0.1, 0.15) is 51.0 Å².